The smallest absolute Gasteiger partial charge is 0.274 e. The third kappa shape index (κ3) is 3.93. The van der Waals surface area contributed by atoms with E-state index in [1.54, 1.807) is 24.9 Å². The van der Waals surface area contributed by atoms with Crippen molar-refractivity contribution < 1.29 is 14.4 Å². The lowest BCUT2D eigenvalue weighted by Gasteiger charge is -2.40. The van der Waals surface area contributed by atoms with Crippen LogP contribution >= 0.6 is 0 Å². The van der Waals surface area contributed by atoms with Crippen LogP contribution in [0, 0.1) is 0 Å². The number of hydrogen-bond donors (Lipinski definition) is 1. The van der Waals surface area contributed by atoms with Gasteiger partial charge in [-0.15, -0.1) is 0 Å². The number of benzene rings is 1. The van der Waals surface area contributed by atoms with E-state index in [0.29, 0.717) is 25.3 Å². The van der Waals surface area contributed by atoms with E-state index >= 15 is 0 Å². The maximum Gasteiger partial charge on any atom is 0.274 e. The van der Waals surface area contributed by atoms with E-state index in [-0.39, 0.29) is 30.0 Å². The van der Waals surface area contributed by atoms with Crippen LogP contribution in [0.5, 0.6) is 0 Å². The molecule has 1 atom stereocenters. The van der Waals surface area contributed by atoms with Gasteiger partial charge in [0.15, 0.2) is 5.69 Å². The molecule has 1 aromatic heterocycles. The summed E-state index contributed by atoms with van der Waals surface area (Å²) >= 11 is 0. The van der Waals surface area contributed by atoms with E-state index in [2.05, 4.69) is 15.3 Å². The number of carbonyl (C=O) groups is 3. The lowest BCUT2D eigenvalue weighted by atomic mass is 9.96. The third-order valence-corrected chi connectivity index (χ3v) is 6.30. The van der Waals surface area contributed by atoms with E-state index in [0.717, 1.165) is 18.7 Å². The van der Waals surface area contributed by atoms with E-state index in [4.69, 9.17) is 0 Å². The van der Waals surface area contributed by atoms with Crippen molar-refractivity contribution in [2.24, 2.45) is 0 Å². The number of carbonyl (C=O) groups excluding carboxylic acids is 3. The maximum absolute atomic E-state index is 13.1. The predicted octanol–water partition coefficient (Wildman–Crippen LogP) is 0.431. The molecule has 3 amide bonds. The van der Waals surface area contributed by atoms with Crippen LogP contribution in [0.3, 0.4) is 0 Å². The molecule has 0 radical (unpaired) electrons. The van der Waals surface area contributed by atoms with Crippen molar-refractivity contribution in [1.82, 2.24) is 29.8 Å². The molecule has 0 bridgehead atoms. The quantitative estimate of drug-likeness (QED) is 0.769. The Labute approximate surface area is 181 Å². The maximum atomic E-state index is 13.1. The molecular weight excluding hydrogens is 396 g/mol. The number of nitrogens with one attached hydrogen (secondary N) is 1. The first-order valence-electron chi connectivity index (χ1n) is 10.5. The normalized spacial score (nSPS) is 21.7. The Morgan fingerprint density at radius 2 is 1.77 bits per heavy atom. The highest BCUT2D eigenvalue weighted by molar-refractivity contribution is 6.01. The third-order valence-electron chi connectivity index (χ3n) is 6.30. The standard InChI is InChI=1S/C22H28N6O3/c1-22(21(31)23-14-16-7-5-4-6-8-16)15-28-18(20(30)26(22)3)13-17(24-28)19(29)27-11-9-25(2)10-12-27/h4-8,13H,9-12,14-15H2,1-3H3,(H,23,31)/t22-/m1/s1. The minimum absolute atomic E-state index is 0.180. The van der Waals surface area contributed by atoms with Crippen molar-refractivity contribution in [3.63, 3.8) is 0 Å². The van der Waals surface area contributed by atoms with Crippen LogP contribution in [0.25, 0.3) is 0 Å². The highest BCUT2D eigenvalue weighted by Gasteiger charge is 2.46. The number of rotatable bonds is 4. The van der Waals surface area contributed by atoms with Gasteiger partial charge in [-0.05, 0) is 19.5 Å². The molecule has 2 aromatic rings. The summed E-state index contributed by atoms with van der Waals surface area (Å²) in [4.78, 5) is 44.3. The zero-order valence-electron chi connectivity index (χ0n) is 18.2. The summed E-state index contributed by atoms with van der Waals surface area (Å²) in [5, 5.41) is 7.33. The number of fused-ring (bicyclic) bond motifs is 1. The summed E-state index contributed by atoms with van der Waals surface area (Å²) < 4.78 is 1.49. The predicted molar refractivity (Wildman–Crippen MR) is 114 cm³/mol. The minimum atomic E-state index is -1.11. The van der Waals surface area contributed by atoms with Crippen molar-refractivity contribution in [3.05, 3.63) is 53.3 Å². The molecule has 1 saturated heterocycles. The number of amides is 3. The summed E-state index contributed by atoms with van der Waals surface area (Å²) in [5.41, 5.74) is 0.437. The number of hydrogen-bond acceptors (Lipinski definition) is 5. The van der Waals surface area contributed by atoms with Gasteiger partial charge in [0.05, 0.1) is 6.54 Å². The van der Waals surface area contributed by atoms with Crippen LogP contribution in [-0.2, 0) is 17.9 Å². The van der Waals surface area contributed by atoms with Crippen LogP contribution in [0.1, 0.15) is 33.5 Å². The largest absolute Gasteiger partial charge is 0.350 e. The van der Waals surface area contributed by atoms with Crippen molar-refractivity contribution in [1.29, 1.82) is 0 Å². The van der Waals surface area contributed by atoms with Gasteiger partial charge in [-0.25, -0.2) is 0 Å². The molecule has 1 aromatic carbocycles. The van der Waals surface area contributed by atoms with Gasteiger partial charge >= 0.3 is 0 Å². The SMILES string of the molecule is CN1CCN(C(=O)c2cc3n(n2)C[C@](C)(C(=O)NCc2ccccc2)N(C)C3=O)CC1. The second-order valence-electron chi connectivity index (χ2n) is 8.47. The number of piperazine rings is 1. The fourth-order valence-corrected chi connectivity index (χ4v) is 3.97. The highest BCUT2D eigenvalue weighted by atomic mass is 16.2. The average molecular weight is 425 g/mol. The average Bonchev–Trinajstić information content (AvgIpc) is 3.20. The van der Waals surface area contributed by atoms with Gasteiger partial charge in [0.2, 0.25) is 5.91 Å². The molecule has 9 nitrogen and oxygen atoms in total. The zero-order valence-corrected chi connectivity index (χ0v) is 18.2. The fraction of sp³-hybridized carbons (Fsp3) is 0.455. The monoisotopic (exact) mass is 424 g/mol. The molecule has 1 fully saturated rings. The van der Waals surface area contributed by atoms with Gasteiger partial charge in [0, 0.05) is 45.8 Å². The molecule has 3 heterocycles. The Morgan fingerprint density at radius 3 is 2.45 bits per heavy atom. The fourth-order valence-electron chi connectivity index (χ4n) is 3.97. The van der Waals surface area contributed by atoms with E-state index < -0.39 is 5.54 Å². The first kappa shape index (κ1) is 21.0. The van der Waals surface area contributed by atoms with Crippen molar-refractivity contribution >= 4 is 17.7 Å². The molecule has 164 valence electrons. The molecule has 0 spiro atoms. The van der Waals surface area contributed by atoms with Crippen molar-refractivity contribution in [3.8, 4) is 0 Å². The van der Waals surface area contributed by atoms with Gasteiger partial charge in [-0.3, -0.25) is 19.1 Å². The molecule has 2 aliphatic rings. The van der Waals surface area contributed by atoms with Gasteiger partial charge < -0.3 is 20.0 Å². The first-order valence-corrected chi connectivity index (χ1v) is 10.5. The molecule has 9 heteroatoms. The van der Waals surface area contributed by atoms with Crippen LogP contribution in [0.4, 0.5) is 0 Å². The van der Waals surface area contributed by atoms with Gasteiger partial charge in [-0.2, -0.15) is 5.10 Å². The van der Waals surface area contributed by atoms with Crippen molar-refractivity contribution in [2.45, 2.75) is 25.6 Å². The topological polar surface area (TPSA) is 90.8 Å². The summed E-state index contributed by atoms with van der Waals surface area (Å²) in [6.45, 7) is 5.15. The van der Waals surface area contributed by atoms with Crippen LogP contribution in [0.2, 0.25) is 0 Å². The summed E-state index contributed by atoms with van der Waals surface area (Å²) in [7, 11) is 3.64. The summed E-state index contributed by atoms with van der Waals surface area (Å²) in [6, 6.07) is 11.1. The Bertz CT molecular complexity index is 996. The molecule has 1 N–H and O–H groups in total. The lowest BCUT2D eigenvalue weighted by Crippen LogP contribution is -2.62. The second kappa shape index (κ2) is 8.14. The Balaban J connectivity index is 1.51. The molecule has 4 rings (SSSR count). The van der Waals surface area contributed by atoms with Crippen LogP contribution in [-0.4, -0.2) is 88.0 Å². The van der Waals surface area contributed by atoms with Gasteiger partial charge in [-0.1, -0.05) is 30.3 Å². The molecule has 0 aliphatic carbocycles. The summed E-state index contributed by atoms with van der Waals surface area (Å²) in [6.07, 6.45) is 0. The van der Waals surface area contributed by atoms with Crippen LogP contribution in [0.15, 0.2) is 36.4 Å². The molecular formula is C22H28N6O3. The van der Waals surface area contributed by atoms with E-state index in [9.17, 15) is 14.4 Å². The van der Waals surface area contributed by atoms with Gasteiger partial charge in [0.25, 0.3) is 11.8 Å². The molecule has 0 unspecified atom stereocenters. The van der Waals surface area contributed by atoms with Crippen molar-refractivity contribution in [2.75, 3.05) is 40.3 Å². The molecule has 0 saturated carbocycles. The lowest BCUT2D eigenvalue weighted by molar-refractivity contribution is -0.132. The highest BCUT2D eigenvalue weighted by Crippen LogP contribution is 2.26. The minimum Gasteiger partial charge on any atom is -0.350 e. The number of aromatic nitrogens is 2. The van der Waals surface area contributed by atoms with Crippen LogP contribution < -0.4 is 5.32 Å². The summed E-state index contributed by atoms with van der Waals surface area (Å²) in [5.74, 6) is -0.769. The second-order valence-corrected chi connectivity index (χ2v) is 8.47. The number of nitrogens with zero attached hydrogens (tertiary/aromatic N) is 5. The Kier molecular flexibility index (Phi) is 5.53. The molecule has 2 aliphatic heterocycles. The van der Waals surface area contributed by atoms with E-state index in [1.165, 1.54) is 9.58 Å². The Morgan fingerprint density at radius 1 is 1.10 bits per heavy atom. The van der Waals surface area contributed by atoms with Gasteiger partial charge in [0.1, 0.15) is 11.2 Å². The number of likely N-dealkylation sites (N-methyl/N-ethyl adjacent to an activating group) is 2. The zero-order chi connectivity index (χ0) is 22.2. The van der Waals surface area contributed by atoms with E-state index in [1.807, 2.05) is 37.4 Å². The molecule has 31 heavy (non-hydrogen) atoms. The first-order chi connectivity index (χ1) is 14.8. The Hall–Kier alpha value is -3.20.